The highest BCUT2D eigenvalue weighted by atomic mass is 16.6. The minimum atomic E-state index is -0.826. The predicted octanol–water partition coefficient (Wildman–Crippen LogP) is 4.17. The number of hydrogen-bond acceptors (Lipinski definition) is 4. The van der Waals surface area contributed by atoms with Gasteiger partial charge in [-0.15, -0.1) is 0 Å². The molecule has 27 heavy (non-hydrogen) atoms. The number of aryl methyl sites for hydroxylation is 1. The quantitative estimate of drug-likeness (QED) is 0.776. The molecule has 0 aliphatic heterocycles. The molecular weight excluding hydrogens is 342 g/mol. The molecule has 0 aromatic heterocycles. The molecule has 0 fully saturated rings. The summed E-state index contributed by atoms with van der Waals surface area (Å²) in [6, 6.07) is 16.4. The zero-order valence-electron chi connectivity index (χ0n) is 16.3. The monoisotopic (exact) mass is 369 g/mol. The molecule has 0 aliphatic carbocycles. The number of nitrogens with one attached hydrogen (secondary N) is 1. The molecule has 0 unspecified atom stereocenters. The van der Waals surface area contributed by atoms with Gasteiger partial charge >= 0.3 is 12.1 Å². The Labute approximate surface area is 160 Å². The average Bonchev–Trinajstić information content (AvgIpc) is 2.59. The van der Waals surface area contributed by atoms with Crippen molar-refractivity contribution in [2.45, 2.75) is 52.4 Å². The summed E-state index contributed by atoms with van der Waals surface area (Å²) in [5.41, 5.74) is 2.31. The normalized spacial score (nSPS) is 12.1. The lowest BCUT2D eigenvalue weighted by molar-refractivity contribution is -0.147. The molecule has 144 valence electrons. The van der Waals surface area contributed by atoms with Crippen LogP contribution in [0.5, 0.6) is 0 Å². The van der Waals surface area contributed by atoms with Crippen molar-refractivity contribution in [3.63, 3.8) is 0 Å². The van der Waals surface area contributed by atoms with Crippen molar-refractivity contribution in [3.05, 3.63) is 71.3 Å². The van der Waals surface area contributed by atoms with E-state index in [1.807, 2.05) is 61.5 Å². The largest absolute Gasteiger partial charge is 0.459 e. The number of benzene rings is 2. The van der Waals surface area contributed by atoms with Gasteiger partial charge in [-0.3, -0.25) is 0 Å². The molecule has 5 nitrogen and oxygen atoms in total. The number of esters is 1. The molecular formula is C22H27NO4. The first-order chi connectivity index (χ1) is 12.7. The van der Waals surface area contributed by atoms with E-state index in [4.69, 9.17) is 9.47 Å². The lowest BCUT2D eigenvalue weighted by Crippen LogP contribution is -2.45. The highest BCUT2D eigenvalue weighted by Gasteiger charge is 2.26. The zero-order valence-corrected chi connectivity index (χ0v) is 16.3. The summed E-state index contributed by atoms with van der Waals surface area (Å²) in [6.07, 6.45) is -0.317. The average molecular weight is 369 g/mol. The van der Waals surface area contributed by atoms with E-state index < -0.39 is 23.7 Å². The van der Waals surface area contributed by atoms with Crippen LogP contribution in [0.4, 0.5) is 4.79 Å². The molecule has 1 atom stereocenters. The third-order valence-corrected chi connectivity index (χ3v) is 3.76. The Balaban J connectivity index is 2.03. The van der Waals surface area contributed by atoms with Gasteiger partial charge in [0.2, 0.25) is 0 Å². The third-order valence-electron chi connectivity index (χ3n) is 3.76. The molecule has 0 aliphatic rings. The first-order valence-electron chi connectivity index (χ1n) is 8.98. The Morgan fingerprint density at radius 3 is 2.19 bits per heavy atom. The van der Waals surface area contributed by atoms with Crippen LogP contribution in [0.25, 0.3) is 0 Å². The van der Waals surface area contributed by atoms with E-state index in [0.29, 0.717) is 6.42 Å². The summed E-state index contributed by atoms with van der Waals surface area (Å²) in [5, 5.41) is 2.63. The lowest BCUT2D eigenvalue weighted by atomic mass is 10.1. The number of amides is 1. The van der Waals surface area contributed by atoms with Crippen LogP contribution in [0.2, 0.25) is 0 Å². The number of carbonyl (C=O) groups is 2. The van der Waals surface area contributed by atoms with Gasteiger partial charge in [0.1, 0.15) is 18.2 Å². The Hall–Kier alpha value is -2.82. The summed E-state index contributed by atoms with van der Waals surface area (Å²) in [7, 11) is 0. The van der Waals surface area contributed by atoms with Crippen LogP contribution in [-0.4, -0.2) is 23.7 Å². The van der Waals surface area contributed by atoms with Gasteiger partial charge in [-0.2, -0.15) is 0 Å². The maximum Gasteiger partial charge on any atom is 0.408 e. The molecule has 1 amide bonds. The SMILES string of the molecule is Cc1ccc(COC(=O)[C@@H](Cc2ccccc2)NC(=O)OC(C)(C)C)cc1. The second kappa shape index (κ2) is 9.21. The molecule has 0 spiro atoms. The van der Waals surface area contributed by atoms with Gasteiger partial charge in [0.15, 0.2) is 0 Å². The van der Waals surface area contributed by atoms with Crippen molar-refractivity contribution >= 4 is 12.1 Å². The van der Waals surface area contributed by atoms with Crippen molar-refractivity contribution in [2.75, 3.05) is 0 Å². The van der Waals surface area contributed by atoms with Crippen molar-refractivity contribution in [1.82, 2.24) is 5.32 Å². The number of rotatable bonds is 6. The highest BCUT2D eigenvalue weighted by Crippen LogP contribution is 2.11. The zero-order chi connectivity index (χ0) is 19.9. The second-order valence-electron chi connectivity index (χ2n) is 7.48. The van der Waals surface area contributed by atoms with Crippen molar-refractivity contribution in [2.24, 2.45) is 0 Å². The molecule has 0 heterocycles. The Kier molecular flexibility index (Phi) is 6.99. The van der Waals surface area contributed by atoms with Gasteiger partial charge in [-0.05, 0) is 38.8 Å². The van der Waals surface area contributed by atoms with Crippen LogP contribution in [0, 0.1) is 6.92 Å². The predicted molar refractivity (Wildman–Crippen MR) is 104 cm³/mol. The van der Waals surface area contributed by atoms with E-state index in [1.54, 1.807) is 20.8 Å². The van der Waals surface area contributed by atoms with E-state index >= 15 is 0 Å². The lowest BCUT2D eigenvalue weighted by Gasteiger charge is -2.23. The Morgan fingerprint density at radius 2 is 1.59 bits per heavy atom. The first kappa shape index (κ1) is 20.5. The Morgan fingerprint density at radius 1 is 0.963 bits per heavy atom. The fraction of sp³-hybridized carbons (Fsp3) is 0.364. The number of alkyl carbamates (subject to hydrolysis) is 1. The van der Waals surface area contributed by atoms with Crippen LogP contribution in [0.3, 0.4) is 0 Å². The van der Waals surface area contributed by atoms with Crippen LogP contribution < -0.4 is 5.32 Å². The summed E-state index contributed by atoms with van der Waals surface area (Å²) < 4.78 is 10.7. The first-order valence-corrected chi connectivity index (χ1v) is 8.98. The Bertz CT molecular complexity index is 748. The van der Waals surface area contributed by atoms with E-state index in [9.17, 15) is 9.59 Å². The smallest absolute Gasteiger partial charge is 0.408 e. The fourth-order valence-electron chi connectivity index (χ4n) is 2.43. The van der Waals surface area contributed by atoms with Crippen molar-refractivity contribution in [3.8, 4) is 0 Å². The van der Waals surface area contributed by atoms with Crippen LogP contribution in [-0.2, 0) is 27.3 Å². The third kappa shape index (κ3) is 7.52. The molecule has 0 saturated carbocycles. The van der Waals surface area contributed by atoms with Crippen LogP contribution in [0.1, 0.15) is 37.5 Å². The topological polar surface area (TPSA) is 64.6 Å². The maximum absolute atomic E-state index is 12.6. The van der Waals surface area contributed by atoms with Crippen LogP contribution >= 0.6 is 0 Å². The summed E-state index contributed by atoms with van der Waals surface area (Å²) >= 11 is 0. The minimum Gasteiger partial charge on any atom is -0.459 e. The summed E-state index contributed by atoms with van der Waals surface area (Å²) in [6.45, 7) is 7.47. The van der Waals surface area contributed by atoms with Crippen LogP contribution in [0.15, 0.2) is 54.6 Å². The number of hydrogen-bond donors (Lipinski definition) is 1. The second-order valence-corrected chi connectivity index (χ2v) is 7.48. The van der Waals surface area contributed by atoms with Gasteiger partial charge in [0, 0.05) is 6.42 Å². The van der Waals surface area contributed by atoms with Gasteiger partial charge in [0.25, 0.3) is 0 Å². The van der Waals surface area contributed by atoms with Gasteiger partial charge in [-0.25, -0.2) is 9.59 Å². The highest BCUT2D eigenvalue weighted by molar-refractivity contribution is 5.81. The molecule has 0 radical (unpaired) electrons. The molecule has 0 saturated heterocycles. The van der Waals surface area contributed by atoms with E-state index in [-0.39, 0.29) is 6.61 Å². The van der Waals surface area contributed by atoms with E-state index in [0.717, 1.165) is 16.7 Å². The van der Waals surface area contributed by atoms with Crippen molar-refractivity contribution in [1.29, 1.82) is 0 Å². The standard InChI is InChI=1S/C22H27NO4/c1-16-10-12-18(13-11-16)15-26-20(24)19(14-17-8-6-5-7-9-17)23-21(25)27-22(2,3)4/h5-13,19H,14-15H2,1-4H3,(H,23,25)/t19-/m1/s1. The molecule has 2 aromatic rings. The molecule has 1 N–H and O–H groups in total. The fourth-order valence-corrected chi connectivity index (χ4v) is 2.43. The van der Waals surface area contributed by atoms with Crippen molar-refractivity contribution < 1.29 is 19.1 Å². The molecule has 5 heteroatoms. The molecule has 2 aromatic carbocycles. The van der Waals surface area contributed by atoms with Gasteiger partial charge in [0.05, 0.1) is 0 Å². The van der Waals surface area contributed by atoms with Gasteiger partial charge < -0.3 is 14.8 Å². The van der Waals surface area contributed by atoms with Gasteiger partial charge in [-0.1, -0.05) is 60.2 Å². The molecule has 0 bridgehead atoms. The molecule has 2 rings (SSSR count). The number of carbonyl (C=O) groups excluding carboxylic acids is 2. The minimum absolute atomic E-state index is 0.153. The van der Waals surface area contributed by atoms with E-state index in [1.165, 1.54) is 0 Å². The summed E-state index contributed by atoms with van der Waals surface area (Å²) in [4.78, 5) is 24.7. The number of ether oxygens (including phenoxy) is 2. The maximum atomic E-state index is 12.6. The van der Waals surface area contributed by atoms with E-state index in [2.05, 4.69) is 5.32 Å². The summed E-state index contributed by atoms with van der Waals surface area (Å²) in [5.74, 6) is -0.495.